The lowest BCUT2D eigenvalue weighted by Gasteiger charge is -2.37. The van der Waals surface area contributed by atoms with Gasteiger partial charge in [0.05, 0.1) is 55.1 Å². The van der Waals surface area contributed by atoms with E-state index >= 15 is 0 Å². The van der Waals surface area contributed by atoms with Crippen molar-refractivity contribution in [2.75, 3.05) is 35.0 Å². The van der Waals surface area contributed by atoms with Crippen molar-refractivity contribution in [2.45, 2.75) is 47.4 Å². The zero-order valence-corrected chi connectivity index (χ0v) is 27.0. The molecule has 0 N–H and O–H groups in total. The highest BCUT2D eigenvalue weighted by atomic mass is 32.2. The Balaban J connectivity index is 1.67. The first kappa shape index (κ1) is 30.8. The Labute approximate surface area is 258 Å². The molecule has 1 aliphatic heterocycles. The lowest BCUT2D eigenvalue weighted by atomic mass is 9.89. The summed E-state index contributed by atoms with van der Waals surface area (Å²) < 4.78 is 53.2. The molecule has 4 aromatic carbocycles. The lowest BCUT2D eigenvalue weighted by Crippen LogP contribution is -2.38. The molecular formula is C34H37NO6S2. The van der Waals surface area contributed by atoms with Crippen LogP contribution in [0.1, 0.15) is 33.9 Å². The SMILES string of the molecule is COc1cc2c(cc1OC)[C@H](Cc1ccc(OC)c(OC)c1[S@@](=O)c1ccc(C)cc1)N([S@@](=O)c1ccc(C)cc1)CC2. The summed E-state index contributed by atoms with van der Waals surface area (Å²) in [5.41, 5.74) is 5.09. The van der Waals surface area contributed by atoms with E-state index in [0.717, 1.165) is 32.7 Å². The molecule has 0 saturated heterocycles. The van der Waals surface area contributed by atoms with Gasteiger partial charge in [-0.05, 0) is 85.8 Å². The first-order valence-corrected chi connectivity index (χ1v) is 16.3. The fourth-order valence-corrected chi connectivity index (χ4v) is 8.17. The molecule has 5 rings (SSSR count). The van der Waals surface area contributed by atoms with Crippen LogP contribution >= 0.6 is 0 Å². The maximum Gasteiger partial charge on any atom is 0.177 e. The highest BCUT2D eigenvalue weighted by Crippen LogP contribution is 2.44. The standard InChI is InChI=1S/C34H37NO6S2/c1-22-7-12-26(13-8-22)42(36)34-25(11-16-30(38-3)33(34)41-6)19-29-28-21-32(40-5)31(39-4)20-24(28)17-18-35(29)43(37)27-14-9-23(2)10-15-27/h7-16,20-21,29H,17-19H2,1-6H3/t29-,42-,43-/m0/s1. The number of hydrogen-bond donors (Lipinski definition) is 0. The van der Waals surface area contributed by atoms with Crippen molar-refractivity contribution in [1.82, 2.24) is 4.31 Å². The first-order valence-electron chi connectivity index (χ1n) is 14.0. The third-order valence-electron chi connectivity index (χ3n) is 7.80. The maximum atomic E-state index is 14.2. The van der Waals surface area contributed by atoms with Crippen LogP contribution in [0.5, 0.6) is 23.0 Å². The molecule has 226 valence electrons. The third-order valence-corrected chi connectivity index (χ3v) is 10.9. The number of ether oxygens (including phenoxy) is 4. The van der Waals surface area contributed by atoms with Gasteiger partial charge in [0.25, 0.3) is 0 Å². The van der Waals surface area contributed by atoms with Crippen LogP contribution in [0.2, 0.25) is 0 Å². The molecule has 1 heterocycles. The minimum atomic E-state index is -1.57. The summed E-state index contributed by atoms with van der Waals surface area (Å²) in [5, 5.41) is 0. The molecule has 7 nitrogen and oxygen atoms in total. The van der Waals surface area contributed by atoms with E-state index in [9.17, 15) is 8.42 Å². The largest absolute Gasteiger partial charge is 0.493 e. The molecule has 0 unspecified atom stereocenters. The van der Waals surface area contributed by atoms with Crippen molar-refractivity contribution in [1.29, 1.82) is 0 Å². The van der Waals surface area contributed by atoms with E-state index in [1.165, 1.54) is 0 Å². The Morgan fingerprint density at radius 1 is 0.721 bits per heavy atom. The van der Waals surface area contributed by atoms with Crippen molar-refractivity contribution in [2.24, 2.45) is 0 Å². The summed E-state index contributed by atoms with van der Waals surface area (Å²) in [7, 11) is 3.35. The number of methoxy groups -OCH3 is 4. The van der Waals surface area contributed by atoms with Gasteiger partial charge in [-0.25, -0.2) is 12.7 Å². The number of rotatable bonds is 10. The highest BCUT2D eigenvalue weighted by molar-refractivity contribution is 7.85. The lowest BCUT2D eigenvalue weighted by molar-refractivity contribution is 0.312. The van der Waals surface area contributed by atoms with Gasteiger partial charge in [-0.2, -0.15) is 0 Å². The Morgan fingerprint density at radius 2 is 1.30 bits per heavy atom. The van der Waals surface area contributed by atoms with Crippen LogP contribution in [0.4, 0.5) is 0 Å². The molecule has 0 spiro atoms. The maximum absolute atomic E-state index is 14.2. The summed E-state index contributed by atoms with van der Waals surface area (Å²) in [6, 6.07) is 22.9. The Hall–Kier alpha value is -3.66. The molecule has 0 aromatic heterocycles. The normalized spacial score (nSPS) is 16.2. The highest BCUT2D eigenvalue weighted by Gasteiger charge is 2.35. The summed E-state index contributed by atoms with van der Waals surface area (Å²) in [6.45, 7) is 4.58. The molecule has 0 amide bonds. The fourth-order valence-electron chi connectivity index (χ4n) is 5.50. The predicted molar refractivity (Wildman–Crippen MR) is 169 cm³/mol. The minimum absolute atomic E-state index is 0.322. The van der Waals surface area contributed by atoms with Crippen LogP contribution in [0, 0.1) is 13.8 Å². The average molecular weight is 620 g/mol. The molecule has 0 radical (unpaired) electrons. The predicted octanol–water partition coefficient (Wildman–Crippen LogP) is 6.37. The van der Waals surface area contributed by atoms with Crippen molar-refractivity contribution in [3.8, 4) is 23.0 Å². The molecule has 0 bridgehead atoms. The molecule has 0 aliphatic carbocycles. The van der Waals surface area contributed by atoms with Gasteiger partial charge in [0.1, 0.15) is 11.0 Å². The number of benzene rings is 4. The summed E-state index contributed by atoms with van der Waals surface area (Å²) in [6.07, 6.45) is 1.12. The molecular weight excluding hydrogens is 583 g/mol. The van der Waals surface area contributed by atoms with Crippen molar-refractivity contribution in [3.05, 3.63) is 101 Å². The molecule has 43 heavy (non-hydrogen) atoms. The number of hydrogen-bond acceptors (Lipinski definition) is 6. The molecule has 0 saturated carbocycles. The molecule has 0 fully saturated rings. The Morgan fingerprint density at radius 3 is 1.88 bits per heavy atom. The van der Waals surface area contributed by atoms with Gasteiger partial charge < -0.3 is 18.9 Å². The average Bonchev–Trinajstić information content (AvgIpc) is 3.03. The van der Waals surface area contributed by atoms with E-state index in [-0.39, 0.29) is 6.04 Å². The zero-order valence-electron chi connectivity index (χ0n) is 25.3. The summed E-state index contributed by atoms with van der Waals surface area (Å²) >= 11 is 0. The second-order valence-electron chi connectivity index (χ2n) is 10.4. The molecule has 1 aliphatic rings. The van der Waals surface area contributed by atoms with Gasteiger partial charge in [-0.15, -0.1) is 0 Å². The third kappa shape index (κ3) is 6.20. The van der Waals surface area contributed by atoms with Crippen LogP contribution in [0.25, 0.3) is 0 Å². The number of nitrogens with zero attached hydrogens (tertiary/aromatic N) is 1. The van der Waals surface area contributed by atoms with E-state index in [1.54, 1.807) is 28.4 Å². The van der Waals surface area contributed by atoms with Crippen LogP contribution in [-0.4, -0.2) is 47.7 Å². The van der Waals surface area contributed by atoms with Gasteiger partial charge in [0.2, 0.25) is 0 Å². The second kappa shape index (κ2) is 13.3. The summed E-state index contributed by atoms with van der Waals surface area (Å²) in [4.78, 5) is 1.93. The smallest absolute Gasteiger partial charge is 0.177 e. The van der Waals surface area contributed by atoms with Gasteiger partial charge >= 0.3 is 0 Å². The Kier molecular flexibility index (Phi) is 9.54. The second-order valence-corrected chi connectivity index (χ2v) is 13.3. The van der Waals surface area contributed by atoms with E-state index in [1.807, 2.05) is 90.9 Å². The summed E-state index contributed by atoms with van der Waals surface area (Å²) in [5.74, 6) is 2.18. The van der Waals surface area contributed by atoms with Crippen molar-refractivity contribution < 1.29 is 27.4 Å². The topological polar surface area (TPSA) is 74.3 Å². The minimum Gasteiger partial charge on any atom is -0.493 e. The first-order chi connectivity index (χ1) is 20.8. The van der Waals surface area contributed by atoms with Gasteiger partial charge in [-0.1, -0.05) is 41.5 Å². The van der Waals surface area contributed by atoms with E-state index in [4.69, 9.17) is 18.9 Å². The van der Waals surface area contributed by atoms with Gasteiger partial charge in [-0.3, -0.25) is 0 Å². The quantitative estimate of drug-likeness (QED) is 0.206. The van der Waals surface area contributed by atoms with Gasteiger partial charge in [0.15, 0.2) is 23.0 Å². The monoisotopic (exact) mass is 619 g/mol. The van der Waals surface area contributed by atoms with Crippen LogP contribution in [0.3, 0.4) is 0 Å². The van der Waals surface area contributed by atoms with Crippen LogP contribution < -0.4 is 18.9 Å². The van der Waals surface area contributed by atoms with Crippen LogP contribution in [-0.2, 0) is 34.6 Å². The van der Waals surface area contributed by atoms with Crippen LogP contribution in [0.15, 0.2) is 87.5 Å². The molecule has 9 heteroatoms. The molecule has 3 atom stereocenters. The number of aryl methyl sites for hydroxylation is 2. The zero-order chi connectivity index (χ0) is 30.7. The van der Waals surface area contributed by atoms with Gasteiger partial charge in [0, 0.05) is 11.4 Å². The van der Waals surface area contributed by atoms with E-state index in [0.29, 0.717) is 52.2 Å². The fraction of sp³-hybridized carbons (Fsp3) is 0.294. The van der Waals surface area contributed by atoms with E-state index < -0.39 is 21.8 Å². The Bertz CT molecular complexity index is 1650. The molecule has 4 aromatic rings. The van der Waals surface area contributed by atoms with Crippen molar-refractivity contribution in [3.63, 3.8) is 0 Å². The number of fused-ring (bicyclic) bond motifs is 1. The van der Waals surface area contributed by atoms with E-state index in [2.05, 4.69) is 0 Å². The van der Waals surface area contributed by atoms with Crippen molar-refractivity contribution >= 4 is 21.8 Å².